The van der Waals surface area contributed by atoms with Crippen LogP contribution in [-0.2, 0) is 11.2 Å². The van der Waals surface area contributed by atoms with Gasteiger partial charge < -0.3 is 19.7 Å². The van der Waals surface area contributed by atoms with Crippen LogP contribution in [0.15, 0.2) is 54.6 Å². The van der Waals surface area contributed by atoms with Gasteiger partial charge in [0.05, 0.1) is 17.8 Å². The summed E-state index contributed by atoms with van der Waals surface area (Å²) in [6, 6.07) is 15.1. The first-order valence-corrected chi connectivity index (χ1v) is 14.7. The monoisotopic (exact) mass is 606 g/mol. The Kier molecular flexibility index (Phi) is 8.15. The molecule has 6 rings (SSSR count). The largest absolute Gasteiger partial charge is 0.454 e. The van der Waals surface area contributed by atoms with Crippen LogP contribution in [0.1, 0.15) is 45.1 Å². The van der Waals surface area contributed by atoms with Gasteiger partial charge in [-0.1, -0.05) is 44.2 Å². The number of ether oxygens (including phenoxy) is 2. The molecule has 2 N–H and O–H groups in total. The van der Waals surface area contributed by atoms with Crippen LogP contribution in [0.4, 0.5) is 24.5 Å². The minimum atomic E-state index is -2.71. The molecule has 1 fully saturated rings. The van der Waals surface area contributed by atoms with Crippen LogP contribution >= 0.6 is 0 Å². The van der Waals surface area contributed by atoms with Gasteiger partial charge >= 0.3 is 0 Å². The number of rotatable bonds is 9. The zero-order valence-electron chi connectivity index (χ0n) is 24.4. The maximum Gasteiger partial charge on any atom is 0.248 e. The molecule has 1 saturated carbocycles. The highest BCUT2D eigenvalue weighted by Crippen LogP contribution is 2.42. The van der Waals surface area contributed by atoms with E-state index in [2.05, 4.69) is 25.9 Å². The maximum absolute atomic E-state index is 16.2. The van der Waals surface area contributed by atoms with Crippen molar-refractivity contribution in [1.82, 2.24) is 20.6 Å². The molecule has 0 atom stereocenters. The van der Waals surface area contributed by atoms with Gasteiger partial charge in [-0.25, -0.2) is 13.2 Å². The number of carbonyl (C=O) groups is 1. The molecular formula is C32H33F3N6O3. The molecule has 2 aliphatic rings. The number of nitrogens with zero attached hydrogens (tertiary/aromatic N) is 4. The van der Waals surface area contributed by atoms with Gasteiger partial charge in [-0.05, 0) is 59.4 Å². The summed E-state index contributed by atoms with van der Waals surface area (Å²) in [5, 5.41) is 17.2. The minimum absolute atomic E-state index is 0.0298. The average Bonchev–Trinajstić information content (AvgIpc) is 3.69. The molecule has 3 aromatic carbocycles. The maximum atomic E-state index is 16.2. The molecule has 1 amide bonds. The Morgan fingerprint density at radius 2 is 1.80 bits per heavy atom. The summed E-state index contributed by atoms with van der Waals surface area (Å²) < 4.78 is 55.3. The molecule has 0 bridgehead atoms. The fraction of sp³-hybridized carbons (Fsp3) is 0.375. The van der Waals surface area contributed by atoms with E-state index in [1.807, 2.05) is 18.7 Å². The van der Waals surface area contributed by atoms with E-state index in [0.29, 0.717) is 51.9 Å². The summed E-state index contributed by atoms with van der Waals surface area (Å²) in [4.78, 5) is 15.5. The molecule has 2 heterocycles. The van der Waals surface area contributed by atoms with Crippen LogP contribution in [-0.4, -0.2) is 51.8 Å². The van der Waals surface area contributed by atoms with Crippen molar-refractivity contribution in [2.45, 2.75) is 57.9 Å². The third-order valence-corrected chi connectivity index (χ3v) is 7.96. The third kappa shape index (κ3) is 6.34. The van der Waals surface area contributed by atoms with Gasteiger partial charge in [0.25, 0.3) is 0 Å². The average molecular weight is 607 g/mol. The summed E-state index contributed by atoms with van der Waals surface area (Å²) >= 11 is 0. The Labute approximate surface area is 252 Å². The van der Waals surface area contributed by atoms with Crippen molar-refractivity contribution in [2.75, 3.05) is 23.6 Å². The lowest BCUT2D eigenvalue weighted by atomic mass is 9.89. The second-order valence-electron chi connectivity index (χ2n) is 11.7. The van der Waals surface area contributed by atoms with Crippen molar-refractivity contribution < 1.29 is 27.4 Å². The van der Waals surface area contributed by atoms with Crippen molar-refractivity contribution in [1.29, 1.82) is 0 Å². The van der Waals surface area contributed by atoms with Crippen LogP contribution < -0.4 is 19.7 Å². The topological polar surface area (TPSA) is 105 Å². The molecule has 0 spiro atoms. The Balaban J connectivity index is 1.40. The SMILES string of the molecule is CC(C)CN(c1cc(F)c(-c2ccccc2-c2nn[nH]n2)cc1NC(=O)Cc1ccc2c(c1)OCO2)C1CCC(F)(F)CC1. The number of halogens is 3. The van der Waals surface area contributed by atoms with Crippen LogP contribution in [0.5, 0.6) is 11.5 Å². The van der Waals surface area contributed by atoms with E-state index in [4.69, 9.17) is 9.47 Å². The first-order chi connectivity index (χ1) is 21.2. The van der Waals surface area contributed by atoms with Gasteiger partial charge in [0.1, 0.15) is 5.82 Å². The molecular weight excluding hydrogens is 573 g/mol. The lowest BCUT2D eigenvalue weighted by Gasteiger charge is -2.40. The Morgan fingerprint density at radius 1 is 1.05 bits per heavy atom. The normalized spacial score (nSPS) is 15.9. The quantitative estimate of drug-likeness (QED) is 0.221. The van der Waals surface area contributed by atoms with Crippen LogP contribution in [0.3, 0.4) is 0 Å². The number of hydrogen-bond donors (Lipinski definition) is 2. The number of carbonyl (C=O) groups excluding carboxylic acids is 1. The predicted molar refractivity (Wildman–Crippen MR) is 159 cm³/mol. The number of tetrazole rings is 1. The minimum Gasteiger partial charge on any atom is -0.454 e. The first kappa shape index (κ1) is 29.5. The summed E-state index contributed by atoms with van der Waals surface area (Å²) in [6.45, 7) is 4.67. The standard InChI is InChI=1S/C32H33F3N6O3/c1-19(2)17-41(21-9-11-32(34,35)12-10-21)27-16-25(33)24(22-5-3-4-6-23(22)31-37-39-40-38-31)15-26(27)36-30(42)14-20-7-8-28-29(13-20)44-18-43-28/h3-8,13,15-16,19,21H,9-12,14,17-18H2,1-2H3,(H,36,42)(H,37,38,39,40). The lowest BCUT2D eigenvalue weighted by Crippen LogP contribution is -2.43. The van der Waals surface area contributed by atoms with E-state index in [0.717, 1.165) is 0 Å². The number of aromatic amines is 1. The van der Waals surface area contributed by atoms with Crippen LogP contribution in [0, 0.1) is 11.7 Å². The van der Waals surface area contributed by atoms with Gasteiger partial charge in [-0.3, -0.25) is 4.79 Å². The molecule has 0 unspecified atom stereocenters. The molecule has 12 heteroatoms. The van der Waals surface area contributed by atoms with Crippen molar-refractivity contribution in [2.24, 2.45) is 5.92 Å². The molecule has 44 heavy (non-hydrogen) atoms. The number of H-pyrrole nitrogens is 1. The summed E-state index contributed by atoms with van der Waals surface area (Å²) in [7, 11) is 0. The molecule has 1 aliphatic heterocycles. The van der Waals surface area contributed by atoms with E-state index in [1.54, 1.807) is 48.5 Å². The highest BCUT2D eigenvalue weighted by Gasteiger charge is 2.38. The van der Waals surface area contributed by atoms with Crippen LogP contribution in [0.2, 0.25) is 0 Å². The summed E-state index contributed by atoms with van der Waals surface area (Å²) in [5.41, 5.74) is 2.84. The molecule has 4 aromatic rings. The number of hydrogen-bond acceptors (Lipinski definition) is 7. The van der Waals surface area contributed by atoms with Gasteiger partial charge in [0, 0.05) is 36.6 Å². The number of benzene rings is 3. The van der Waals surface area contributed by atoms with Crippen LogP contribution in [0.25, 0.3) is 22.5 Å². The van der Waals surface area contributed by atoms with E-state index in [-0.39, 0.29) is 62.3 Å². The molecule has 9 nitrogen and oxygen atoms in total. The predicted octanol–water partition coefficient (Wildman–Crippen LogP) is 6.62. The molecule has 1 aromatic heterocycles. The second kappa shape index (κ2) is 12.2. The first-order valence-electron chi connectivity index (χ1n) is 14.7. The van der Waals surface area contributed by atoms with Gasteiger partial charge in [-0.2, -0.15) is 5.21 Å². The van der Waals surface area contributed by atoms with Gasteiger partial charge in [0.2, 0.25) is 24.4 Å². The second-order valence-corrected chi connectivity index (χ2v) is 11.7. The highest BCUT2D eigenvalue weighted by molar-refractivity contribution is 5.97. The van der Waals surface area contributed by atoms with E-state index < -0.39 is 11.7 Å². The Hall–Kier alpha value is -4.61. The molecule has 0 radical (unpaired) electrons. The summed E-state index contributed by atoms with van der Waals surface area (Å²) in [6.07, 6.45) is 0.0676. The molecule has 230 valence electrons. The third-order valence-electron chi connectivity index (χ3n) is 7.96. The highest BCUT2D eigenvalue weighted by atomic mass is 19.3. The van der Waals surface area contributed by atoms with Crippen molar-refractivity contribution in [3.05, 3.63) is 66.0 Å². The number of amides is 1. The number of aromatic nitrogens is 4. The number of alkyl halides is 2. The van der Waals surface area contributed by atoms with Crippen molar-refractivity contribution in [3.8, 4) is 34.0 Å². The molecule has 0 saturated heterocycles. The van der Waals surface area contributed by atoms with E-state index in [1.165, 1.54) is 6.07 Å². The Bertz CT molecular complexity index is 1640. The number of fused-ring (bicyclic) bond motifs is 1. The zero-order valence-corrected chi connectivity index (χ0v) is 24.4. The fourth-order valence-corrected chi connectivity index (χ4v) is 5.90. The van der Waals surface area contributed by atoms with Gasteiger partial charge in [0.15, 0.2) is 11.5 Å². The molecule has 1 aliphatic carbocycles. The zero-order chi connectivity index (χ0) is 30.8. The van der Waals surface area contributed by atoms with Crippen molar-refractivity contribution >= 4 is 17.3 Å². The van der Waals surface area contributed by atoms with Gasteiger partial charge in [-0.15, -0.1) is 10.2 Å². The smallest absolute Gasteiger partial charge is 0.248 e. The Morgan fingerprint density at radius 3 is 2.52 bits per heavy atom. The van der Waals surface area contributed by atoms with E-state index >= 15 is 4.39 Å². The van der Waals surface area contributed by atoms with Crippen molar-refractivity contribution in [3.63, 3.8) is 0 Å². The number of nitrogens with one attached hydrogen (secondary N) is 2. The summed E-state index contributed by atoms with van der Waals surface area (Å²) in [5.74, 6) is -1.94. The van der Waals surface area contributed by atoms with E-state index in [9.17, 15) is 13.6 Å². The number of anilines is 2. The lowest BCUT2D eigenvalue weighted by molar-refractivity contribution is -0.115. The fourth-order valence-electron chi connectivity index (χ4n) is 5.90.